The number of nitrogens with zero attached hydrogens (tertiary/aromatic N) is 3. The first-order valence-corrected chi connectivity index (χ1v) is 9.59. The first-order valence-electron chi connectivity index (χ1n) is 9.59. The third-order valence-corrected chi connectivity index (χ3v) is 5.81. The van der Waals surface area contributed by atoms with Gasteiger partial charge in [-0.3, -0.25) is 4.90 Å². The van der Waals surface area contributed by atoms with Gasteiger partial charge in [0.25, 0.3) is 0 Å². The van der Waals surface area contributed by atoms with E-state index in [9.17, 15) is 4.39 Å². The van der Waals surface area contributed by atoms with Gasteiger partial charge < -0.3 is 9.80 Å². The van der Waals surface area contributed by atoms with E-state index >= 15 is 0 Å². The Morgan fingerprint density at radius 1 is 1.04 bits per heavy atom. The van der Waals surface area contributed by atoms with E-state index in [4.69, 9.17) is 0 Å². The fourth-order valence-electron chi connectivity index (χ4n) is 4.13. The minimum absolute atomic E-state index is 0.0585. The lowest BCUT2D eigenvalue weighted by Gasteiger charge is -2.43. The van der Waals surface area contributed by atoms with Crippen molar-refractivity contribution in [2.75, 3.05) is 50.7 Å². The summed E-state index contributed by atoms with van der Waals surface area (Å²) in [7, 11) is 0. The molecule has 0 N–H and O–H groups in total. The van der Waals surface area contributed by atoms with Gasteiger partial charge in [0.15, 0.2) is 0 Å². The summed E-state index contributed by atoms with van der Waals surface area (Å²) in [6.07, 6.45) is 2.59. The van der Waals surface area contributed by atoms with E-state index in [1.54, 1.807) is 6.07 Å². The van der Waals surface area contributed by atoms with E-state index in [2.05, 4.69) is 27.7 Å². The Morgan fingerprint density at radius 2 is 1.71 bits per heavy atom. The second-order valence-electron chi connectivity index (χ2n) is 7.55. The summed E-state index contributed by atoms with van der Waals surface area (Å²) in [5.74, 6) is 0.182. The van der Waals surface area contributed by atoms with Crippen LogP contribution in [0.4, 0.5) is 10.1 Å². The zero-order valence-corrected chi connectivity index (χ0v) is 15.5. The molecule has 0 amide bonds. The van der Waals surface area contributed by atoms with Crippen LogP contribution in [-0.4, -0.2) is 61.7 Å². The SMILES string of the molecule is CCN1CCC(N2CCN(c3ccc(C(C)C)c(F)c3)CC2)CC1. The monoisotopic (exact) mass is 333 g/mol. The maximum atomic E-state index is 14.3. The molecule has 24 heavy (non-hydrogen) atoms. The zero-order valence-electron chi connectivity index (χ0n) is 15.5. The minimum atomic E-state index is -0.0585. The lowest BCUT2D eigenvalue weighted by Crippen LogP contribution is -2.53. The molecule has 0 bridgehead atoms. The average Bonchev–Trinajstić information content (AvgIpc) is 2.61. The molecule has 1 aromatic carbocycles. The Balaban J connectivity index is 1.54. The molecular weight excluding hydrogens is 301 g/mol. The van der Waals surface area contributed by atoms with E-state index in [1.807, 2.05) is 19.9 Å². The summed E-state index contributed by atoms with van der Waals surface area (Å²) in [6, 6.07) is 6.52. The number of piperazine rings is 1. The van der Waals surface area contributed by atoms with Gasteiger partial charge in [-0.05, 0) is 56.1 Å². The number of hydrogen-bond donors (Lipinski definition) is 0. The third-order valence-electron chi connectivity index (χ3n) is 5.81. The standard InChI is InChI=1S/C20H32FN3/c1-4-22-9-7-17(8-10-22)23-11-13-24(14-12-23)18-5-6-19(16(2)3)20(21)15-18/h5-6,15-17H,4,7-14H2,1-3H3. The summed E-state index contributed by atoms with van der Waals surface area (Å²) in [4.78, 5) is 7.54. The molecule has 4 heteroatoms. The second kappa shape index (κ2) is 7.83. The fourth-order valence-corrected chi connectivity index (χ4v) is 4.13. The van der Waals surface area contributed by atoms with Gasteiger partial charge in [0.05, 0.1) is 0 Å². The van der Waals surface area contributed by atoms with Crippen LogP contribution in [-0.2, 0) is 0 Å². The van der Waals surface area contributed by atoms with E-state index in [0.717, 1.165) is 43.5 Å². The highest BCUT2D eigenvalue weighted by Gasteiger charge is 2.27. The van der Waals surface area contributed by atoms with Crippen LogP contribution >= 0.6 is 0 Å². The lowest BCUT2D eigenvalue weighted by atomic mass is 10.0. The number of hydrogen-bond acceptors (Lipinski definition) is 3. The minimum Gasteiger partial charge on any atom is -0.369 e. The van der Waals surface area contributed by atoms with Crippen molar-refractivity contribution < 1.29 is 4.39 Å². The van der Waals surface area contributed by atoms with Crippen molar-refractivity contribution in [3.05, 3.63) is 29.6 Å². The summed E-state index contributed by atoms with van der Waals surface area (Å²) >= 11 is 0. The van der Waals surface area contributed by atoms with Gasteiger partial charge in [0.2, 0.25) is 0 Å². The van der Waals surface area contributed by atoms with Gasteiger partial charge in [-0.15, -0.1) is 0 Å². The third kappa shape index (κ3) is 3.92. The quantitative estimate of drug-likeness (QED) is 0.834. The fraction of sp³-hybridized carbons (Fsp3) is 0.700. The normalized spacial score (nSPS) is 21.6. The van der Waals surface area contributed by atoms with Gasteiger partial charge in [0, 0.05) is 37.9 Å². The highest BCUT2D eigenvalue weighted by Crippen LogP contribution is 2.26. The van der Waals surface area contributed by atoms with Crippen LogP contribution in [0.15, 0.2) is 18.2 Å². The molecule has 134 valence electrons. The highest BCUT2D eigenvalue weighted by atomic mass is 19.1. The summed E-state index contributed by atoms with van der Waals surface area (Å²) in [6.45, 7) is 14.2. The Kier molecular flexibility index (Phi) is 5.77. The van der Waals surface area contributed by atoms with Crippen LogP contribution < -0.4 is 4.90 Å². The van der Waals surface area contributed by atoms with Crippen LogP contribution in [0.2, 0.25) is 0 Å². The number of halogens is 1. The summed E-state index contributed by atoms with van der Waals surface area (Å²) in [5.41, 5.74) is 1.86. The van der Waals surface area contributed by atoms with E-state index in [1.165, 1.54) is 32.5 Å². The van der Waals surface area contributed by atoms with Gasteiger partial charge in [0.1, 0.15) is 5.82 Å². The molecule has 0 saturated carbocycles. The van der Waals surface area contributed by atoms with Crippen LogP contribution in [0.5, 0.6) is 0 Å². The van der Waals surface area contributed by atoms with Gasteiger partial charge in [-0.2, -0.15) is 0 Å². The smallest absolute Gasteiger partial charge is 0.128 e. The number of anilines is 1. The largest absolute Gasteiger partial charge is 0.369 e. The van der Waals surface area contributed by atoms with E-state index < -0.39 is 0 Å². The number of piperidine rings is 1. The predicted octanol–water partition coefficient (Wildman–Crippen LogP) is 3.56. The topological polar surface area (TPSA) is 9.72 Å². The number of likely N-dealkylation sites (tertiary alicyclic amines) is 1. The van der Waals surface area contributed by atoms with Crippen molar-refractivity contribution in [2.45, 2.75) is 45.6 Å². The van der Waals surface area contributed by atoms with E-state index in [0.29, 0.717) is 0 Å². The molecule has 3 nitrogen and oxygen atoms in total. The molecule has 1 aromatic rings. The molecule has 2 saturated heterocycles. The van der Waals surface area contributed by atoms with Crippen LogP contribution in [0, 0.1) is 5.82 Å². The molecule has 0 unspecified atom stereocenters. The molecule has 2 heterocycles. The van der Waals surface area contributed by atoms with Crippen molar-refractivity contribution in [1.29, 1.82) is 0 Å². The maximum absolute atomic E-state index is 14.3. The van der Waals surface area contributed by atoms with E-state index in [-0.39, 0.29) is 11.7 Å². The number of benzene rings is 1. The lowest BCUT2D eigenvalue weighted by molar-refractivity contribution is 0.106. The van der Waals surface area contributed by atoms with Crippen LogP contribution in [0.25, 0.3) is 0 Å². The molecule has 2 aliphatic rings. The van der Waals surface area contributed by atoms with Gasteiger partial charge >= 0.3 is 0 Å². The highest BCUT2D eigenvalue weighted by molar-refractivity contribution is 5.49. The molecule has 0 spiro atoms. The van der Waals surface area contributed by atoms with Gasteiger partial charge in [-0.25, -0.2) is 4.39 Å². The molecular formula is C20H32FN3. The van der Waals surface area contributed by atoms with Crippen molar-refractivity contribution in [1.82, 2.24) is 9.80 Å². The average molecular weight is 333 g/mol. The molecule has 0 aromatic heterocycles. The first-order chi connectivity index (χ1) is 11.6. The van der Waals surface area contributed by atoms with Crippen molar-refractivity contribution >= 4 is 5.69 Å². The molecule has 0 atom stereocenters. The molecule has 0 radical (unpaired) electrons. The predicted molar refractivity (Wildman–Crippen MR) is 99.4 cm³/mol. The molecule has 0 aliphatic carbocycles. The summed E-state index contributed by atoms with van der Waals surface area (Å²) in [5, 5.41) is 0. The molecule has 2 aliphatic heterocycles. The Morgan fingerprint density at radius 3 is 2.25 bits per heavy atom. The van der Waals surface area contributed by atoms with Gasteiger partial charge in [-0.1, -0.05) is 26.8 Å². The Hall–Kier alpha value is -1.13. The van der Waals surface area contributed by atoms with Crippen molar-refractivity contribution in [3.8, 4) is 0 Å². The Labute approximate surface area is 146 Å². The molecule has 2 fully saturated rings. The molecule has 3 rings (SSSR count). The zero-order chi connectivity index (χ0) is 17.1. The van der Waals surface area contributed by atoms with Crippen LogP contribution in [0.3, 0.4) is 0 Å². The number of rotatable bonds is 4. The van der Waals surface area contributed by atoms with Crippen molar-refractivity contribution in [2.24, 2.45) is 0 Å². The van der Waals surface area contributed by atoms with Crippen molar-refractivity contribution in [3.63, 3.8) is 0 Å². The summed E-state index contributed by atoms with van der Waals surface area (Å²) < 4.78 is 14.3. The second-order valence-corrected chi connectivity index (χ2v) is 7.55. The maximum Gasteiger partial charge on any atom is 0.128 e. The Bertz CT molecular complexity index is 530. The van der Waals surface area contributed by atoms with Crippen LogP contribution in [0.1, 0.15) is 45.1 Å². The first kappa shape index (κ1) is 17.7.